The lowest BCUT2D eigenvalue weighted by Crippen LogP contribution is -2.47. The van der Waals surface area contributed by atoms with E-state index in [0.29, 0.717) is 18.8 Å². The number of hydrogen-bond donors (Lipinski definition) is 1. The predicted molar refractivity (Wildman–Crippen MR) is 91.2 cm³/mol. The molecule has 2 N–H and O–H groups in total. The Morgan fingerprint density at radius 2 is 2.29 bits per heavy atom. The van der Waals surface area contributed by atoms with Gasteiger partial charge in [-0.2, -0.15) is 11.8 Å². The molecule has 0 aliphatic carbocycles. The average Bonchev–Trinajstić information content (AvgIpc) is 2.93. The van der Waals surface area contributed by atoms with Crippen LogP contribution in [0.2, 0.25) is 0 Å². The summed E-state index contributed by atoms with van der Waals surface area (Å²) in [4.78, 5) is 4.22. The molecule has 1 aliphatic rings. The molecule has 2 rings (SSSR count). The van der Waals surface area contributed by atoms with Crippen LogP contribution in [0, 0.1) is 11.8 Å². The third kappa shape index (κ3) is 4.47. The normalized spacial score (nSPS) is 20.0. The molecule has 116 valence electrons. The molecule has 0 spiro atoms. The summed E-state index contributed by atoms with van der Waals surface area (Å²) < 4.78 is 24.4. The minimum absolute atomic E-state index is 0.201. The van der Waals surface area contributed by atoms with Crippen molar-refractivity contribution in [2.24, 2.45) is 5.73 Å². The molecule has 21 heavy (non-hydrogen) atoms. The number of nitrogens with zero attached hydrogens (tertiary/aromatic N) is 1. The molecule has 0 bridgehead atoms. The van der Waals surface area contributed by atoms with Crippen molar-refractivity contribution in [1.29, 1.82) is 0 Å². The molecule has 0 aromatic carbocycles. The Hall–Kier alpha value is -0.520. The zero-order valence-corrected chi connectivity index (χ0v) is 14.5. The number of hydrogen-bond acceptors (Lipinski definition) is 6. The third-order valence-electron chi connectivity index (χ3n) is 3.34. The summed E-state index contributed by atoms with van der Waals surface area (Å²) in [6.45, 7) is 3.57. The van der Waals surface area contributed by atoms with E-state index in [-0.39, 0.29) is 11.1 Å². The van der Waals surface area contributed by atoms with Gasteiger partial charge in [0.1, 0.15) is 5.37 Å². The highest BCUT2D eigenvalue weighted by Crippen LogP contribution is 2.25. The Balaban J connectivity index is 2.11. The second-order valence-electron chi connectivity index (χ2n) is 4.72. The highest BCUT2D eigenvalue weighted by Gasteiger charge is 2.32. The highest BCUT2D eigenvalue weighted by atomic mass is 32.2. The number of nitrogens with two attached hydrogens (primary N) is 1. The molecule has 2 heterocycles. The van der Waals surface area contributed by atoms with Gasteiger partial charge in [-0.25, -0.2) is 8.42 Å². The summed E-state index contributed by atoms with van der Waals surface area (Å²) in [6.07, 6.45) is 0. The Labute approximate surface area is 135 Å². The lowest BCUT2D eigenvalue weighted by atomic mass is 10.4. The molecule has 0 amide bonds. The number of thioether (sulfide) groups is 1. The van der Waals surface area contributed by atoms with Gasteiger partial charge in [0.15, 0.2) is 9.84 Å². The van der Waals surface area contributed by atoms with Crippen LogP contribution in [-0.2, 0) is 16.4 Å². The minimum Gasteiger partial charge on any atom is -0.320 e. The lowest BCUT2D eigenvalue weighted by Gasteiger charge is -2.34. The highest BCUT2D eigenvalue weighted by molar-refractivity contribution is 8.01. The molecule has 4 nitrogen and oxygen atoms in total. The first-order chi connectivity index (χ1) is 10.1. The van der Waals surface area contributed by atoms with Gasteiger partial charge in [-0.3, -0.25) is 4.90 Å². The first kappa shape index (κ1) is 16.8. The van der Waals surface area contributed by atoms with E-state index in [0.717, 1.165) is 22.1 Å². The monoisotopic (exact) mass is 344 g/mol. The van der Waals surface area contributed by atoms with E-state index in [9.17, 15) is 8.42 Å². The molecule has 1 unspecified atom stereocenters. The van der Waals surface area contributed by atoms with Crippen LogP contribution < -0.4 is 5.73 Å². The second kappa shape index (κ2) is 7.65. The van der Waals surface area contributed by atoms with Gasteiger partial charge in [-0.1, -0.05) is 18.8 Å². The average molecular weight is 345 g/mol. The van der Waals surface area contributed by atoms with Crippen molar-refractivity contribution in [3.63, 3.8) is 0 Å². The Bertz CT molecular complexity index is 628. The van der Waals surface area contributed by atoms with Crippen LogP contribution in [0.25, 0.3) is 0 Å². The lowest BCUT2D eigenvalue weighted by molar-refractivity contribution is 0.264. The van der Waals surface area contributed by atoms with Crippen LogP contribution in [0.4, 0.5) is 0 Å². The van der Waals surface area contributed by atoms with Gasteiger partial charge in [0, 0.05) is 35.2 Å². The van der Waals surface area contributed by atoms with E-state index in [1.54, 1.807) is 30.0 Å². The van der Waals surface area contributed by atoms with Crippen molar-refractivity contribution in [2.45, 2.75) is 18.8 Å². The largest absolute Gasteiger partial charge is 0.320 e. The van der Waals surface area contributed by atoms with E-state index in [2.05, 4.69) is 16.7 Å². The molecular formula is C14H20N2O2S3. The number of sulfone groups is 1. The van der Waals surface area contributed by atoms with Gasteiger partial charge in [-0.15, -0.1) is 11.3 Å². The maximum absolute atomic E-state index is 12.2. The summed E-state index contributed by atoms with van der Waals surface area (Å²) in [5.74, 6) is 7.71. The molecule has 1 fully saturated rings. The number of thiophene rings is 1. The Morgan fingerprint density at radius 1 is 1.48 bits per heavy atom. The predicted octanol–water partition coefficient (Wildman–Crippen LogP) is 1.37. The van der Waals surface area contributed by atoms with Crippen molar-refractivity contribution in [3.8, 4) is 11.8 Å². The van der Waals surface area contributed by atoms with Crippen molar-refractivity contribution in [1.82, 2.24) is 4.90 Å². The summed E-state index contributed by atoms with van der Waals surface area (Å²) in [6, 6.07) is 4.01. The standard InChI is InChI=1S/C14H20N2O2S3/c1-2-21(17,18)14-11-19-9-8-16(14)10-13-6-5-12(20-13)4-3-7-15/h5-6,14H,2,7-11,15H2,1H3. The quantitative estimate of drug-likeness (QED) is 0.836. The van der Waals surface area contributed by atoms with E-state index < -0.39 is 9.84 Å². The molecule has 1 aromatic heterocycles. The number of rotatable bonds is 4. The summed E-state index contributed by atoms with van der Waals surface area (Å²) >= 11 is 3.34. The van der Waals surface area contributed by atoms with Gasteiger partial charge in [0.2, 0.25) is 0 Å². The molecule has 1 saturated heterocycles. The fraction of sp³-hybridized carbons (Fsp3) is 0.571. The van der Waals surface area contributed by atoms with Gasteiger partial charge in [0.25, 0.3) is 0 Å². The van der Waals surface area contributed by atoms with E-state index in [1.165, 1.54) is 0 Å². The van der Waals surface area contributed by atoms with Crippen LogP contribution in [0.5, 0.6) is 0 Å². The third-order valence-corrected chi connectivity index (χ3v) is 7.66. The smallest absolute Gasteiger partial charge is 0.166 e. The first-order valence-corrected chi connectivity index (χ1v) is 10.6. The molecule has 0 saturated carbocycles. The first-order valence-electron chi connectivity index (χ1n) is 6.88. The fourth-order valence-corrected chi connectivity index (χ4v) is 6.18. The maximum Gasteiger partial charge on any atom is 0.166 e. The van der Waals surface area contributed by atoms with Crippen LogP contribution in [0.1, 0.15) is 16.7 Å². The minimum atomic E-state index is -3.03. The second-order valence-corrected chi connectivity index (χ2v) is 9.49. The van der Waals surface area contributed by atoms with Crippen LogP contribution >= 0.6 is 23.1 Å². The van der Waals surface area contributed by atoms with E-state index in [1.807, 2.05) is 12.1 Å². The molecule has 7 heteroatoms. The van der Waals surface area contributed by atoms with Crippen molar-refractivity contribution in [2.75, 3.05) is 30.3 Å². The van der Waals surface area contributed by atoms with Crippen molar-refractivity contribution >= 4 is 32.9 Å². The van der Waals surface area contributed by atoms with Crippen molar-refractivity contribution in [3.05, 3.63) is 21.9 Å². The van der Waals surface area contributed by atoms with Crippen LogP contribution in [-0.4, -0.2) is 49.0 Å². The zero-order valence-electron chi connectivity index (χ0n) is 12.0. The zero-order chi connectivity index (χ0) is 15.3. The van der Waals surface area contributed by atoms with Crippen LogP contribution in [0.15, 0.2) is 12.1 Å². The Morgan fingerprint density at radius 3 is 3.00 bits per heavy atom. The van der Waals surface area contributed by atoms with Crippen LogP contribution in [0.3, 0.4) is 0 Å². The summed E-state index contributed by atoms with van der Waals surface area (Å²) in [7, 11) is -3.03. The summed E-state index contributed by atoms with van der Waals surface area (Å²) in [5, 5.41) is -0.359. The van der Waals surface area contributed by atoms with Crippen molar-refractivity contribution < 1.29 is 8.42 Å². The molecule has 1 aliphatic heterocycles. The molecular weight excluding hydrogens is 324 g/mol. The maximum atomic E-state index is 12.2. The molecule has 1 atom stereocenters. The van der Waals surface area contributed by atoms with Gasteiger partial charge in [0.05, 0.1) is 11.4 Å². The molecule has 0 radical (unpaired) electrons. The van der Waals surface area contributed by atoms with E-state index >= 15 is 0 Å². The molecule has 1 aromatic rings. The van der Waals surface area contributed by atoms with Gasteiger partial charge >= 0.3 is 0 Å². The van der Waals surface area contributed by atoms with Gasteiger partial charge in [-0.05, 0) is 12.1 Å². The topological polar surface area (TPSA) is 63.4 Å². The summed E-state index contributed by atoms with van der Waals surface area (Å²) in [5.41, 5.74) is 5.37. The van der Waals surface area contributed by atoms with E-state index in [4.69, 9.17) is 5.73 Å². The fourth-order valence-electron chi connectivity index (χ4n) is 2.19. The van der Waals surface area contributed by atoms with Gasteiger partial charge < -0.3 is 5.73 Å². The SMILES string of the molecule is CCS(=O)(=O)C1CSCCN1Cc1ccc(C#CCN)s1. The Kier molecular flexibility index (Phi) is 6.14.